The molecule has 1 unspecified atom stereocenters. The molecule has 0 radical (unpaired) electrons. The molecule has 1 aromatic heterocycles. The standard InChI is InChI=1S/C14H16FNO2/c1-16-13(9-11-4-3-7-18-11)10-5-6-14(17-2)12(15)8-10/h3-8,13,16H,9H2,1-2H3. The first-order chi connectivity index (χ1) is 8.74. The first-order valence-electron chi connectivity index (χ1n) is 5.77. The summed E-state index contributed by atoms with van der Waals surface area (Å²) < 4.78 is 23.9. The number of benzene rings is 1. The summed E-state index contributed by atoms with van der Waals surface area (Å²) in [5.41, 5.74) is 0.868. The Morgan fingerprint density at radius 1 is 1.39 bits per heavy atom. The number of methoxy groups -OCH3 is 1. The van der Waals surface area contributed by atoms with E-state index in [0.717, 1.165) is 11.3 Å². The third-order valence-corrected chi connectivity index (χ3v) is 2.91. The van der Waals surface area contributed by atoms with Crippen LogP contribution in [-0.2, 0) is 6.42 Å². The van der Waals surface area contributed by atoms with Gasteiger partial charge < -0.3 is 14.5 Å². The van der Waals surface area contributed by atoms with E-state index in [1.807, 2.05) is 25.2 Å². The average Bonchev–Trinajstić information content (AvgIpc) is 2.88. The molecule has 3 nitrogen and oxygen atoms in total. The average molecular weight is 249 g/mol. The summed E-state index contributed by atoms with van der Waals surface area (Å²) in [5, 5.41) is 3.15. The van der Waals surface area contributed by atoms with Crippen LogP contribution in [0.15, 0.2) is 41.0 Å². The van der Waals surface area contributed by atoms with E-state index in [2.05, 4.69) is 5.32 Å². The van der Waals surface area contributed by atoms with Crippen LogP contribution in [0, 0.1) is 5.82 Å². The van der Waals surface area contributed by atoms with Crippen molar-refractivity contribution in [2.45, 2.75) is 12.5 Å². The summed E-state index contributed by atoms with van der Waals surface area (Å²) in [6, 6.07) is 8.74. The molecule has 1 heterocycles. The van der Waals surface area contributed by atoms with Gasteiger partial charge in [0.15, 0.2) is 11.6 Å². The molecule has 0 aliphatic heterocycles. The van der Waals surface area contributed by atoms with Gasteiger partial charge in [0.1, 0.15) is 5.76 Å². The quantitative estimate of drug-likeness (QED) is 0.884. The smallest absolute Gasteiger partial charge is 0.165 e. The third kappa shape index (κ3) is 2.71. The molecule has 0 aliphatic carbocycles. The SMILES string of the molecule is CNC(Cc1ccco1)c1ccc(OC)c(F)c1. The number of likely N-dealkylation sites (N-methyl/N-ethyl adjacent to an activating group) is 1. The molecule has 1 aromatic carbocycles. The van der Waals surface area contributed by atoms with Crippen molar-refractivity contribution in [3.8, 4) is 5.75 Å². The zero-order valence-corrected chi connectivity index (χ0v) is 10.4. The Kier molecular flexibility index (Phi) is 3.99. The molecule has 1 atom stereocenters. The van der Waals surface area contributed by atoms with Crippen LogP contribution in [0.5, 0.6) is 5.75 Å². The van der Waals surface area contributed by atoms with Crippen molar-refractivity contribution in [2.24, 2.45) is 0 Å². The molecule has 2 aromatic rings. The first kappa shape index (κ1) is 12.6. The van der Waals surface area contributed by atoms with Gasteiger partial charge in [-0.05, 0) is 36.9 Å². The van der Waals surface area contributed by atoms with Crippen molar-refractivity contribution in [3.05, 3.63) is 53.7 Å². The van der Waals surface area contributed by atoms with Gasteiger partial charge in [0, 0.05) is 12.5 Å². The van der Waals surface area contributed by atoms with Crippen LogP contribution in [-0.4, -0.2) is 14.2 Å². The van der Waals surface area contributed by atoms with Crippen LogP contribution in [0.1, 0.15) is 17.4 Å². The number of rotatable bonds is 5. The van der Waals surface area contributed by atoms with E-state index in [9.17, 15) is 4.39 Å². The maximum atomic E-state index is 13.6. The van der Waals surface area contributed by atoms with Crippen LogP contribution < -0.4 is 10.1 Å². The lowest BCUT2D eigenvalue weighted by Crippen LogP contribution is -2.18. The number of hydrogen-bond acceptors (Lipinski definition) is 3. The topological polar surface area (TPSA) is 34.4 Å². The summed E-state index contributed by atoms with van der Waals surface area (Å²) in [4.78, 5) is 0. The van der Waals surface area contributed by atoms with Gasteiger partial charge in [-0.1, -0.05) is 6.07 Å². The molecule has 0 saturated carbocycles. The molecule has 96 valence electrons. The van der Waals surface area contributed by atoms with Gasteiger partial charge in [0.2, 0.25) is 0 Å². The summed E-state index contributed by atoms with van der Waals surface area (Å²) in [5.74, 6) is 0.770. The molecule has 0 saturated heterocycles. The second-order valence-electron chi connectivity index (χ2n) is 4.02. The monoisotopic (exact) mass is 249 g/mol. The molecule has 0 fully saturated rings. The fraction of sp³-hybridized carbons (Fsp3) is 0.286. The molecule has 0 amide bonds. The molecular formula is C14H16FNO2. The summed E-state index contributed by atoms with van der Waals surface area (Å²) in [7, 11) is 3.30. The Morgan fingerprint density at radius 2 is 2.22 bits per heavy atom. The van der Waals surface area contributed by atoms with Crippen molar-refractivity contribution in [3.63, 3.8) is 0 Å². The molecule has 0 aliphatic rings. The van der Waals surface area contributed by atoms with Crippen molar-refractivity contribution < 1.29 is 13.5 Å². The normalized spacial score (nSPS) is 12.4. The maximum absolute atomic E-state index is 13.6. The molecule has 0 spiro atoms. The lowest BCUT2D eigenvalue weighted by molar-refractivity contribution is 0.385. The van der Waals surface area contributed by atoms with Crippen LogP contribution >= 0.6 is 0 Å². The minimum Gasteiger partial charge on any atom is -0.494 e. The van der Waals surface area contributed by atoms with Gasteiger partial charge in [0.25, 0.3) is 0 Å². The van der Waals surface area contributed by atoms with E-state index in [1.165, 1.54) is 13.2 Å². The zero-order valence-electron chi connectivity index (χ0n) is 10.4. The lowest BCUT2D eigenvalue weighted by atomic mass is 10.0. The fourth-order valence-corrected chi connectivity index (χ4v) is 1.92. The van der Waals surface area contributed by atoms with Crippen molar-refractivity contribution in [1.29, 1.82) is 0 Å². The Labute approximate surface area is 106 Å². The minimum atomic E-state index is -0.352. The number of hydrogen-bond donors (Lipinski definition) is 1. The fourth-order valence-electron chi connectivity index (χ4n) is 1.92. The van der Waals surface area contributed by atoms with Crippen LogP contribution in [0.4, 0.5) is 4.39 Å². The van der Waals surface area contributed by atoms with E-state index < -0.39 is 0 Å². The lowest BCUT2D eigenvalue weighted by Gasteiger charge is -2.16. The van der Waals surface area contributed by atoms with E-state index in [4.69, 9.17) is 9.15 Å². The van der Waals surface area contributed by atoms with Gasteiger partial charge in [-0.15, -0.1) is 0 Å². The molecule has 4 heteroatoms. The predicted molar refractivity (Wildman–Crippen MR) is 67.2 cm³/mol. The van der Waals surface area contributed by atoms with Gasteiger partial charge in [-0.2, -0.15) is 0 Å². The first-order valence-corrected chi connectivity index (χ1v) is 5.77. The molecule has 1 N–H and O–H groups in total. The number of furan rings is 1. The van der Waals surface area contributed by atoms with Crippen LogP contribution in [0.25, 0.3) is 0 Å². The minimum absolute atomic E-state index is 0.0107. The van der Waals surface area contributed by atoms with Gasteiger partial charge in [0.05, 0.1) is 13.4 Å². The molecule has 0 bridgehead atoms. The Morgan fingerprint density at radius 3 is 2.78 bits per heavy atom. The number of nitrogens with one attached hydrogen (secondary N) is 1. The predicted octanol–water partition coefficient (Wildman–Crippen LogP) is 2.93. The van der Waals surface area contributed by atoms with E-state index >= 15 is 0 Å². The molecular weight excluding hydrogens is 233 g/mol. The molecule has 2 rings (SSSR count). The van der Waals surface area contributed by atoms with Crippen molar-refractivity contribution >= 4 is 0 Å². The molecule has 18 heavy (non-hydrogen) atoms. The second kappa shape index (κ2) is 5.69. The highest BCUT2D eigenvalue weighted by Gasteiger charge is 2.14. The summed E-state index contributed by atoms with van der Waals surface area (Å²) >= 11 is 0. The second-order valence-corrected chi connectivity index (χ2v) is 4.02. The number of halogens is 1. The van der Waals surface area contributed by atoms with Crippen molar-refractivity contribution in [1.82, 2.24) is 5.32 Å². The van der Waals surface area contributed by atoms with Gasteiger partial charge in [-0.3, -0.25) is 0 Å². The Balaban J connectivity index is 2.19. The third-order valence-electron chi connectivity index (χ3n) is 2.91. The van der Waals surface area contributed by atoms with E-state index in [1.54, 1.807) is 12.3 Å². The van der Waals surface area contributed by atoms with E-state index in [0.29, 0.717) is 6.42 Å². The van der Waals surface area contributed by atoms with Gasteiger partial charge in [-0.25, -0.2) is 4.39 Å². The number of ether oxygens (including phenoxy) is 1. The zero-order chi connectivity index (χ0) is 13.0. The van der Waals surface area contributed by atoms with Gasteiger partial charge >= 0.3 is 0 Å². The van der Waals surface area contributed by atoms with E-state index in [-0.39, 0.29) is 17.6 Å². The van der Waals surface area contributed by atoms with Crippen LogP contribution in [0.2, 0.25) is 0 Å². The van der Waals surface area contributed by atoms with Crippen molar-refractivity contribution in [2.75, 3.05) is 14.2 Å². The summed E-state index contributed by atoms with van der Waals surface area (Å²) in [6.07, 6.45) is 2.31. The highest BCUT2D eigenvalue weighted by Crippen LogP contribution is 2.24. The Hall–Kier alpha value is -1.81. The Bertz CT molecular complexity index is 497. The largest absolute Gasteiger partial charge is 0.494 e. The van der Waals surface area contributed by atoms with Crippen LogP contribution in [0.3, 0.4) is 0 Å². The summed E-state index contributed by atoms with van der Waals surface area (Å²) in [6.45, 7) is 0. The highest BCUT2D eigenvalue weighted by molar-refractivity contribution is 5.31. The maximum Gasteiger partial charge on any atom is 0.165 e. The highest BCUT2D eigenvalue weighted by atomic mass is 19.1.